The predicted octanol–water partition coefficient (Wildman–Crippen LogP) is 3.98. The van der Waals surface area contributed by atoms with Crippen LogP contribution in [-0.2, 0) is 9.47 Å². The van der Waals surface area contributed by atoms with Crippen LogP contribution < -0.4 is 0 Å². The molecule has 0 radical (unpaired) electrons. The number of carbonyl (C=O) groups excluding carboxylic acids is 3. The van der Waals surface area contributed by atoms with Gasteiger partial charge in [-0.3, -0.25) is 4.79 Å². The summed E-state index contributed by atoms with van der Waals surface area (Å²) in [5.41, 5.74) is 2.08. The summed E-state index contributed by atoms with van der Waals surface area (Å²) in [4.78, 5) is 40.1. The lowest BCUT2D eigenvalue weighted by atomic mass is 10.1. The van der Waals surface area contributed by atoms with Crippen LogP contribution in [-0.4, -0.2) is 35.4 Å². The Morgan fingerprint density at radius 2 is 1.86 bits per heavy atom. The zero-order valence-corrected chi connectivity index (χ0v) is 16.1. The number of aromatic amines is 1. The lowest BCUT2D eigenvalue weighted by molar-refractivity contribution is 0.0289. The summed E-state index contributed by atoms with van der Waals surface area (Å²) in [5.74, 6) is -1.66. The number of ketones is 1. The summed E-state index contributed by atoms with van der Waals surface area (Å²) in [6, 6.07) is 8.74. The van der Waals surface area contributed by atoms with E-state index in [1.54, 1.807) is 39.0 Å². The third-order valence-corrected chi connectivity index (χ3v) is 4.44. The van der Waals surface area contributed by atoms with Crippen molar-refractivity contribution < 1.29 is 28.3 Å². The third kappa shape index (κ3) is 3.55. The molecule has 0 saturated heterocycles. The fraction of sp³-hybridized carbons (Fsp3) is 0.286. The highest BCUT2D eigenvalue weighted by Crippen LogP contribution is 2.23. The largest absolute Gasteiger partial charge is 0.462 e. The zero-order chi connectivity index (χ0) is 20.4. The average Bonchev–Trinajstić information content (AvgIpc) is 3.22. The van der Waals surface area contributed by atoms with Gasteiger partial charge in [-0.2, -0.15) is 0 Å². The second-order valence-electron chi connectivity index (χ2n) is 6.41. The standard InChI is InChI=1S/C21H21NO6/c1-5-26-21(25)17-11(2)18(22-12(17)3)19(23)13(4)27-20(24)16-10-14-8-6-7-9-15(14)28-16/h6-10,13,22H,5H2,1-4H3/t13-/m1/s1. The molecule has 7 nitrogen and oxygen atoms in total. The van der Waals surface area contributed by atoms with E-state index in [4.69, 9.17) is 13.9 Å². The molecule has 0 aliphatic heterocycles. The number of aromatic nitrogens is 1. The summed E-state index contributed by atoms with van der Waals surface area (Å²) in [7, 11) is 0. The molecule has 0 fully saturated rings. The minimum atomic E-state index is -1.06. The normalized spacial score (nSPS) is 12.0. The van der Waals surface area contributed by atoms with Crippen molar-refractivity contribution in [2.75, 3.05) is 6.61 Å². The number of rotatable bonds is 6. The van der Waals surface area contributed by atoms with Crippen molar-refractivity contribution >= 4 is 28.7 Å². The Hall–Kier alpha value is -3.35. The van der Waals surface area contributed by atoms with Crippen molar-refractivity contribution in [2.45, 2.75) is 33.8 Å². The smallest absolute Gasteiger partial charge is 0.374 e. The van der Waals surface area contributed by atoms with Crippen molar-refractivity contribution in [3.8, 4) is 0 Å². The number of nitrogens with one attached hydrogen (secondary N) is 1. The molecule has 3 rings (SSSR count). The van der Waals surface area contributed by atoms with E-state index in [1.807, 2.05) is 12.1 Å². The van der Waals surface area contributed by atoms with Gasteiger partial charge in [0.2, 0.25) is 11.5 Å². The number of Topliss-reactive ketones (excluding diaryl/α,β-unsaturated/α-hetero) is 1. The molecule has 7 heteroatoms. The van der Waals surface area contributed by atoms with Crippen LogP contribution in [0.25, 0.3) is 11.0 Å². The van der Waals surface area contributed by atoms with Gasteiger partial charge in [-0.25, -0.2) is 9.59 Å². The molecule has 0 amide bonds. The maximum absolute atomic E-state index is 12.8. The Kier molecular flexibility index (Phi) is 5.35. The van der Waals surface area contributed by atoms with Crippen LogP contribution in [0.4, 0.5) is 0 Å². The maximum atomic E-state index is 12.8. The first-order valence-corrected chi connectivity index (χ1v) is 8.93. The molecule has 0 aliphatic carbocycles. The molecule has 146 valence electrons. The second kappa shape index (κ2) is 7.72. The first kappa shape index (κ1) is 19.4. The van der Waals surface area contributed by atoms with Gasteiger partial charge in [-0.15, -0.1) is 0 Å². The van der Waals surface area contributed by atoms with Crippen LogP contribution in [0.3, 0.4) is 0 Å². The maximum Gasteiger partial charge on any atom is 0.374 e. The Morgan fingerprint density at radius 3 is 2.54 bits per heavy atom. The van der Waals surface area contributed by atoms with Gasteiger partial charge in [0.15, 0.2) is 6.10 Å². The molecule has 1 atom stereocenters. The molecular weight excluding hydrogens is 362 g/mol. The zero-order valence-electron chi connectivity index (χ0n) is 16.1. The Labute approximate surface area is 161 Å². The molecule has 3 aromatic rings. The molecule has 0 saturated carbocycles. The Morgan fingerprint density at radius 1 is 1.14 bits per heavy atom. The molecular formula is C21H21NO6. The monoisotopic (exact) mass is 383 g/mol. The summed E-state index contributed by atoms with van der Waals surface area (Å²) in [6.45, 7) is 6.75. The van der Waals surface area contributed by atoms with Gasteiger partial charge >= 0.3 is 11.9 Å². The van der Waals surface area contributed by atoms with Crippen LogP contribution in [0.2, 0.25) is 0 Å². The van der Waals surface area contributed by atoms with E-state index >= 15 is 0 Å². The predicted molar refractivity (Wildman–Crippen MR) is 102 cm³/mol. The molecule has 0 aliphatic rings. The topological polar surface area (TPSA) is 98.6 Å². The molecule has 0 unspecified atom stereocenters. The van der Waals surface area contributed by atoms with Gasteiger partial charge < -0.3 is 18.9 Å². The van der Waals surface area contributed by atoms with Crippen LogP contribution in [0.1, 0.15) is 56.5 Å². The van der Waals surface area contributed by atoms with Crippen molar-refractivity contribution in [1.82, 2.24) is 4.98 Å². The van der Waals surface area contributed by atoms with Crippen molar-refractivity contribution in [3.05, 3.63) is 58.6 Å². The number of carbonyl (C=O) groups is 3. The fourth-order valence-corrected chi connectivity index (χ4v) is 3.06. The van der Waals surface area contributed by atoms with Crippen LogP contribution in [0, 0.1) is 13.8 Å². The molecule has 2 heterocycles. The fourth-order valence-electron chi connectivity index (χ4n) is 3.06. The molecule has 1 aromatic carbocycles. The Balaban J connectivity index is 1.78. The second-order valence-corrected chi connectivity index (χ2v) is 6.41. The number of hydrogen-bond acceptors (Lipinski definition) is 6. The quantitative estimate of drug-likeness (QED) is 0.511. The third-order valence-electron chi connectivity index (χ3n) is 4.44. The van der Waals surface area contributed by atoms with E-state index in [-0.39, 0.29) is 18.1 Å². The lowest BCUT2D eigenvalue weighted by Gasteiger charge is -2.11. The number of benzene rings is 1. The summed E-state index contributed by atoms with van der Waals surface area (Å²) in [6.07, 6.45) is -1.06. The van der Waals surface area contributed by atoms with Crippen LogP contribution in [0.5, 0.6) is 0 Å². The lowest BCUT2D eigenvalue weighted by Crippen LogP contribution is -2.25. The minimum Gasteiger partial charge on any atom is -0.462 e. The highest BCUT2D eigenvalue weighted by atomic mass is 16.6. The average molecular weight is 383 g/mol. The number of aryl methyl sites for hydroxylation is 1. The Bertz CT molecular complexity index is 1030. The summed E-state index contributed by atoms with van der Waals surface area (Å²) < 4.78 is 15.8. The molecule has 0 bridgehead atoms. The molecule has 2 aromatic heterocycles. The van der Waals surface area contributed by atoms with E-state index in [0.717, 1.165) is 5.39 Å². The molecule has 28 heavy (non-hydrogen) atoms. The summed E-state index contributed by atoms with van der Waals surface area (Å²) >= 11 is 0. The number of H-pyrrole nitrogens is 1. The van der Waals surface area contributed by atoms with Crippen molar-refractivity contribution in [2.24, 2.45) is 0 Å². The van der Waals surface area contributed by atoms with Gasteiger partial charge in [0.25, 0.3) is 0 Å². The van der Waals surface area contributed by atoms with Gasteiger partial charge in [0.1, 0.15) is 5.58 Å². The van der Waals surface area contributed by atoms with E-state index in [9.17, 15) is 14.4 Å². The van der Waals surface area contributed by atoms with Gasteiger partial charge in [0, 0.05) is 11.1 Å². The van der Waals surface area contributed by atoms with Gasteiger partial charge in [-0.05, 0) is 45.4 Å². The minimum absolute atomic E-state index is 0.0208. The first-order chi connectivity index (χ1) is 13.3. The summed E-state index contributed by atoms with van der Waals surface area (Å²) in [5, 5.41) is 0.767. The number of hydrogen-bond donors (Lipinski definition) is 1. The number of fused-ring (bicyclic) bond motifs is 1. The van der Waals surface area contributed by atoms with E-state index in [2.05, 4.69) is 4.98 Å². The number of ether oxygens (including phenoxy) is 2. The van der Waals surface area contributed by atoms with Gasteiger partial charge in [0.05, 0.1) is 17.9 Å². The van der Waals surface area contributed by atoms with E-state index < -0.39 is 23.8 Å². The number of para-hydroxylation sites is 1. The first-order valence-electron chi connectivity index (χ1n) is 8.93. The SMILES string of the molecule is CCOC(=O)c1c(C)[nH]c(C(=O)[C@@H](C)OC(=O)c2cc3ccccc3o2)c1C. The van der Waals surface area contributed by atoms with Crippen LogP contribution in [0.15, 0.2) is 34.7 Å². The highest BCUT2D eigenvalue weighted by Gasteiger charge is 2.28. The molecule has 0 spiro atoms. The van der Waals surface area contributed by atoms with Crippen LogP contribution >= 0.6 is 0 Å². The highest BCUT2D eigenvalue weighted by molar-refractivity contribution is 6.04. The number of esters is 2. The van der Waals surface area contributed by atoms with Gasteiger partial charge in [-0.1, -0.05) is 18.2 Å². The molecule has 1 N–H and O–H groups in total. The van der Waals surface area contributed by atoms with E-state index in [0.29, 0.717) is 22.4 Å². The van der Waals surface area contributed by atoms with E-state index in [1.165, 1.54) is 6.92 Å². The van der Waals surface area contributed by atoms with Crippen molar-refractivity contribution in [3.63, 3.8) is 0 Å². The number of furan rings is 1. The van der Waals surface area contributed by atoms with Crippen molar-refractivity contribution in [1.29, 1.82) is 0 Å².